The van der Waals surface area contributed by atoms with Gasteiger partial charge < -0.3 is 4.74 Å². The van der Waals surface area contributed by atoms with Gasteiger partial charge in [-0.25, -0.2) is 9.97 Å². The van der Waals surface area contributed by atoms with E-state index in [0.717, 1.165) is 30.2 Å². The molecule has 0 bridgehead atoms. The van der Waals surface area contributed by atoms with Gasteiger partial charge in [-0.3, -0.25) is 5.43 Å². The lowest BCUT2D eigenvalue weighted by molar-refractivity contribution is -0.141. The molecule has 0 atom stereocenters. The molecule has 0 radical (unpaired) electrons. The minimum absolute atomic E-state index is 0.0284. The number of hydrogen-bond acceptors (Lipinski definition) is 5. The average molecular weight is 457 g/mol. The number of nitrogens with one attached hydrogen (secondary N) is 1. The second kappa shape index (κ2) is 12.0. The first-order chi connectivity index (χ1) is 16.0. The van der Waals surface area contributed by atoms with E-state index in [1.54, 1.807) is 30.3 Å². The molecule has 5 nitrogen and oxygen atoms in total. The molecule has 1 heterocycles. The maximum Gasteiger partial charge on any atom is 0.433 e. The van der Waals surface area contributed by atoms with Crippen LogP contribution < -0.4 is 10.2 Å². The zero-order valence-corrected chi connectivity index (χ0v) is 18.5. The summed E-state index contributed by atoms with van der Waals surface area (Å²) in [5.41, 5.74) is 2.79. The molecule has 0 aliphatic heterocycles. The second-order valence-electron chi connectivity index (χ2n) is 7.53. The van der Waals surface area contributed by atoms with Gasteiger partial charge in [0.1, 0.15) is 5.75 Å². The van der Waals surface area contributed by atoms with Crippen molar-refractivity contribution >= 4 is 12.0 Å². The molecule has 1 aromatic heterocycles. The van der Waals surface area contributed by atoms with Gasteiger partial charge >= 0.3 is 6.18 Å². The van der Waals surface area contributed by atoms with E-state index in [1.165, 1.54) is 25.5 Å². The molecule has 0 saturated heterocycles. The van der Waals surface area contributed by atoms with Crippen LogP contribution in [0.3, 0.4) is 0 Å². The largest absolute Gasteiger partial charge is 0.494 e. The normalized spacial score (nSPS) is 11.6. The van der Waals surface area contributed by atoms with E-state index >= 15 is 0 Å². The number of rotatable bonds is 11. The summed E-state index contributed by atoms with van der Waals surface area (Å²) >= 11 is 0. The number of unbranched alkanes of at least 4 members (excludes halogenated alkanes) is 4. The third kappa shape index (κ3) is 7.89. The number of aromatic nitrogens is 2. The monoisotopic (exact) mass is 456 g/mol. The van der Waals surface area contributed by atoms with Crippen molar-refractivity contribution in [1.29, 1.82) is 0 Å². The van der Waals surface area contributed by atoms with Crippen molar-refractivity contribution in [3.63, 3.8) is 0 Å². The number of benzene rings is 2. The summed E-state index contributed by atoms with van der Waals surface area (Å²) in [5.74, 6) is 0.698. The predicted molar refractivity (Wildman–Crippen MR) is 124 cm³/mol. The first-order valence-electron chi connectivity index (χ1n) is 11.0. The van der Waals surface area contributed by atoms with Crippen LogP contribution >= 0.6 is 0 Å². The Hall–Kier alpha value is -3.42. The Kier molecular flexibility index (Phi) is 8.80. The van der Waals surface area contributed by atoms with Gasteiger partial charge in [0.25, 0.3) is 0 Å². The van der Waals surface area contributed by atoms with E-state index in [9.17, 15) is 13.2 Å². The van der Waals surface area contributed by atoms with Crippen LogP contribution in [0.4, 0.5) is 19.0 Å². The third-order valence-electron chi connectivity index (χ3n) is 4.84. The molecule has 0 fully saturated rings. The van der Waals surface area contributed by atoms with Crippen LogP contribution in [0.15, 0.2) is 65.8 Å². The van der Waals surface area contributed by atoms with Crippen LogP contribution in [0.25, 0.3) is 11.4 Å². The van der Waals surface area contributed by atoms with Crippen molar-refractivity contribution in [1.82, 2.24) is 9.97 Å². The van der Waals surface area contributed by atoms with Gasteiger partial charge in [0.2, 0.25) is 0 Å². The summed E-state index contributed by atoms with van der Waals surface area (Å²) in [6.07, 6.45) is 2.79. The van der Waals surface area contributed by atoms with Gasteiger partial charge in [-0.15, -0.1) is 0 Å². The van der Waals surface area contributed by atoms with Gasteiger partial charge in [0.15, 0.2) is 17.3 Å². The van der Waals surface area contributed by atoms with Crippen LogP contribution in [-0.2, 0) is 6.18 Å². The lowest BCUT2D eigenvalue weighted by Crippen LogP contribution is -2.11. The Bertz CT molecular complexity index is 1020. The maximum atomic E-state index is 13.3. The van der Waals surface area contributed by atoms with Crippen molar-refractivity contribution < 1.29 is 17.9 Å². The minimum atomic E-state index is -4.60. The summed E-state index contributed by atoms with van der Waals surface area (Å²) in [6.45, 7) is 2.86. The highest BCUT2D eigenvalue weighted by atomic mass is 19.4. The highest BCUT2D eigenvalue weighted by molar-refractivity contribution is 5.80. The molecule has 0 spiro atoms. The lowest BCUT2D eigenvalue weighted by Gasteiger charge is -2.10. The van der Waals surface area contributed by atoms with Gasteiger partial charge in [0.05, 0.1) is 12.8 Å². The Morgan fingerprint density at radius 1 is 0.939 bits per heavy atom. The highest BCUT2D eigenvalue weighted by Crippen LogP contribution is 2.30. The van der Waals surface area contributed by atoms with Crippen molar-refractivity contribution in [2.75, 3.05) is 12.0 Å². The molecule has 33 heavy (non-hydrogen) atoms. The number of anilines is 1. The molecule has 0 aliphatic rings. The van der Waals surface area contributed by atoms with Gasteiger partial charge in [-0.2, -0.15) is 18.3 Å². The number of halogens is 3. The van der Waals surface area contributed by atoms with Gasteiger partial charge in [-0.05, 0) is 36.2 Å². The quantitative estimate of drug-likeness (QED) is 0.193. The minimum Gasteiger partial charge on any atom is -0.494 e. The topological polar surface area (TPSA) is 59.4 Å². The van der Waals surface area contributed by atoms with E-state index in [1.807, 2.05) is 24.3 Å². The van der Waals surface area contributed by atoms with Crippen LogP contribution in [-0.4, -0.2) is 22.8 Å². The Labute approximate surface area is 191 Å². The zero-order valence-electron chi connectivity index (χ0n) is 18.5. The van der Waals surface area contributed by atoms with E-state index < -0.39 is 11.9 Å². The SMILES string of the molecule is CCCCCCCOc1ccc(/C=N\Nc2cc(C(F)(F)F)nc(-c3ccccc3)n2)cc1. The molecule has 8 heteroatoms. The summed E-state index contributed by atoms with van der Waals surface area (Å²) < 4.78 is 45.6. The summed E-state index contributed by atoms with van der Waals surface area (Å²) in [6, 6.07) is 16.7. The van der Waals surface area contributed by atoms with Crippen molar-refractivity contribution in [2.24, 2.45) is 5.10 Å². The van der Waals surface area contributed by atoms with Crippen molar-refractivity contribution in [3.8, 4) is 17.1 Å². The maximum absolute atomic E-state index is 13.3. The predicted octanol–water partition coefficient (Wildman–Crippen LogP) is 6.96. The van der Waals surface area contributed by atoms with Crippen LogP contribution in [0, 0.1) is 0 Å². The number of nitrogens with zero attached hydrogens (tertiary/aromatic N) is 3. The molecule has 0 unspecified atom stereocenters. The fourth-order valence-electron chi connectivity index (χ4n) is 3.08. The molecular weight excluding hydrogens is 429 g/mol. The standard InChI is InChI=1S/C25H27F3N4O/c1-2-3-4-5-9-16-33-21-14-12-19(13-15-21)18-29-32-23-17-22(25(26,27)28)30-24(31-23)20-10-7-6-8-11-20/h6-8,10-15,17-18H,2-5,9,16H2,1H3,(H,30,31,32)/b29-18-. The summed E-state index contributed by atoms with van der Waals surface area (Å²) in [7, 11) is 0. The number of hydrazone groups is 1. The smallest absolute Gasteiger partial charge is 0.433 e. The molecule has 2 aromatic carbocycles. The average Bonchev–Trinajstić information content (AvgIpc) is 2.82. The zero-order chi connectivity index (χ0) is 23.5. The van der Waals surface area contributed by atoms with Gasteiger partial charge in [0, 0.05) is 11.6 Å². The first-order valence-corrected chi connectivity index (χ1v) is 11.0. The molecule has 0 aliphatic carbocycles. The van der Waals surface area contributed by atoms with E-state index in [0.29, 0.717) is 12.2 Å². The van der Waals surface area contributed by atoms with Crippen molar-refractivity contribution in [2.45, 2.75) is 45.2 Å². The van der Waals surface area contributed by atoms with E-state index in [-0.39, 0.29) is 11.6 Å². The Morgan fingerprint density at radius 2 is 1.67 bits per heavy atom. The van der Waals surface area contributed by atoms with Crippen LogP contribution in [0.5, 0.6) is 5.75 Å². The van der Waals surface area contributed by atoms with Crippen molar-refractivity contribution in [3.05, 3.63) is 71.9 Å². The third-order valence-corrected chi connectivity index (χ3v) is 4.84. The van der Waals surface area contributed by atoms with E-state index in [2.05, 4.69) is 27.4 Å². The van der Waals surface area contributed by atoms with E-state index in [4.69, 9.17) is 4.74 Å². The second-order valence-corrected chi connectivity index (χ2v) is 7.53. The molecule has 3 aromatic rings. The lowest BCUT2D eigenvalue weighted by atomic mass is 10.2. The molecule has 1 N–H and O–H groups in total. The Balaban J connectivity index is 1.61. The molecule has 0 saturated carbocycles. The molecule has 0 amide bonds. The fraction of sp³-hybridized carbons (Fsp3) is 0.320. The number of ether oxygens (including phenoxy) is 1. The molecule has 174 valence electrons. The first kappa shape index (κ1) is 24.2. The molecular formula is C25H27F3N4O. The van der Waals surface area contributed by atoms with Crippen LogP contribution in [0.1, 0.15) is 50.3 Å². The molecule has 3 rings (SSSR count). The highest BCUT2D eigenvalue weighted by Gasteiger charge is 2.33. The number of hydrogen-bond donors (Lipinski definition) is 1. The summed E-state index contributed by atoms with van der Waals surface area (Å²) in [4.78, 5) is 7.82. The Morgan fingerprint density at radius 3 is 2.36 bits per heavy atom. The van der Waals surface area contributed by atoms with Gasteiger partial charge in [-0.1, -0.05) is 62.9 Å². The fourth-order valence-corrected chi connectivity index (χ4v) is 3.08. The number of alkyl halides is 3. The summed E-state index contributed by atoms with van der Waals surface area (Å²) in [5, 5.41) is 4.03. The van der Waals surface area contributed by atoms with Crippen LogP contribution in [0.2, 0.25) is 0 Å².